The average molecular weight is 507 g/mol. The van der Waals surface area contributed by atoms with Crippen LogP contribution in [-0.2, 0) is 9.59 Å². The topological polar surface area (TPSA) is 91.7 Å². The zero-order valence-electron chi connectivity index (χ0n) is 22.4. The van der Waals surface area contributed by atoms with Crippen molar-refractivity contribution in [2.24, 2.45) is 16.7 Å². The first-order valence-corrected chi connectivity index (χ1v) is 12.9. The number of rotatable bonds is 1. The number of allylic oxidation sites excluding steroid dienone is 7. The van der Waals surface area contributed by atoms with Gasteiger partial charge in [0.05, 0.1) is 5.41 Å². The molecule has 0 aromatic heterocycles. The monoisotopic (exact) mass is 506 g/mol. The second-order valence-corrected chi connectivity index (χ2v) is 12.1. The van der Waals surface area contributed by atoms with Gasteiger partial charge in [0.2, 0.25) is 0 Å². The number of benzene rings is 2. The van der Waals surface area contributed by atoms with Gasteiger partial charge in [0.1, 0.15) is 11.5 Å². The van der Waals surface area contributed by atoms with Crippen LogP contribution < -0.4 is 0 Å². The van der Waals surface area contributed by atoms with E-state index in [9.17, 15) is 24.6 Å². The lowest BCUT2D eigenvalue weighted by Crippen LogP contribution is -2.42. The van der Waals surface area contributed by atoms with Crippen LogP contribution in [0.3, 0.4) is 0 Å². The summed E-state index contributed by atoms with van der Waals surface area (Å²) >= 11 is 0. The van der Waals surface area contributed by atoms with Gasteiger partial charge < -0.3 is 10.2 Å². The molecule has 0 unspecified atom stereocenters. The lowest BCUT2D eigenvalue weighted by atomic mass is 9.59. The van der Waals surface area contributed by atoms with E-state index >= 15 is 0 Å². The lowest BCUT2D eigenvalue weighted by Gasteiger charge is -2.43. The van der Waals surface area contributed by atoms with Crippen LogP contribution in [0, 0.1) is 30.6 Å². The molecule has 2 aromatic carbocycles. The Kier molecular flexibility index (Phi) is 4.83. The van der Waals surface area contributed by atoms with Crippen molar-refractivity contribution in [3.63, 3.8) is 0 Å². The van der Waals surface area contributed by atoms with Gasteiger partial charge in [-0.3, -0.25) is 14.4 Å². The highest BCUT2D eigenvalue weighted by Gasteiger charge is 2.53. The Bertz CT molecular complexity index is 1650. The molecule has 0 fully saturated rings. The number of phenolic OH excluding ortho intramolecular Hbond substituents is 2. The van der Waals surface area contributed by atoms with E-state index in [0.717, 1.165) is 16.7 Å². The molecule has 2 aromatic rings. The molecule has 4 aliphatic rings. The number of hydrogen-bond acceptors (Lipinski definition) is 5. The lowest BCUT2D eigenvalue weighted by molar-refractivity contribution is -0.127. The van der Waals surface area contributed by atoms with Crippen molar-refractivity contribution in [2.75, 3.05) is 0 Å². The van der Waals surface area contributed by atoms with E-state index in [1.165, 1.54) is 6.08 Å². The molecule has 6 rings (SSSR count). The van der Waals surface area contributed by atoms with Gasteiger partial charge in [0.25, 0.3) is 0 Å². The van der Waals surface area contributed by atoms with Gasteiger partial charge >= 0.3 is 0 Å². The first-order chi connectivity index (χ1) is 17.7. The number of carbonyl (C=O) groups excluding carboxylic acids is 3. The molecule has 5 nitrogen and oxygen atoms in total. The molecular formula is C33H30O5. The van der Waals surface area contributed by atoms with Crippen LogP contribution in [0.2, 0.25) is 0 Å². The average Bonchev–Trinajstić information content (AvgIpc) is 3.04. The zero-order valence-corrected chi connectivity index (χ0v) is 22.4. The van der Waals surface area contributed by atoms with Crippen LogP contribution in [0.5, 0.6) is 11.5 Å². The normalized spacial score (nSPS) is 24.4. The zero-order chi connectivity index (χ0) is 27.5. The molecule has 2 atom stereocenters. The summed E-state index contributed by atoms with van der Waals surface area (Å²) in [5.41, 5.74) is 4.06. The summed E-state index contributed by atoms with van der Waals surface area (Å²) in [6, 6.07) is 6.89. The first kappa shape index (κ1) is 24.4. The van der Waals surface area contributed by atoms with E-state index in [2.05, 4.69) is 6.08 Å². The summed E-state index contributed by atoms with van der Waals surface area (Å²) < 4.78 is 0. The fourth-order valence-corrected chi connectivity index (χ4v) is 6.62. The standard InChI is InChI=1S/C33H30O5/c1-15-9-17-7-8-23-19(18(17)12-25(15)34)11-22(30(37)32(23,3)4)29-28-21-13-26(35)16(2)10-20(21)27(36)14-24(28)33(5,6)31(29)38/h7-14,19,23,34-35H,1-6H3/t19-,23-/m0/s1. The Hall–Kier alpha value is -3.99. The Labute approximate surface area is 221 Å². The first-order valence-electron chi connectivity index (χ1n) is 12.9. The number of hydrogen-bond donors (Lipinski definition) is 2. The Morgan fingerprint density at radius 1 is 0.789 bits per heavy atom. The summed E-state index contributed by atoms with van der Waals surface area (Å²) in [5, 5.41) is 21.1. The van der Waals surface area contributed by atoms with Gasteiger partial charge in [-0.05, 0) is 103 Å². The largest absolute Gasteiger partial charge is 0.508 e. The van der Waals surface area contributed by atoms with Crippen LogP contribution in [0.25, 0.3) is 11.6 Å². The van der Waals surface area contributed by atoms with E-state index < -0.39 is 10.8 Å². The predicted octanol–water partition coefficient (Wildman–Crippen LogP) is 6.16. The van der Waals surface area contributed by atoms with Crippen molar-refractivity contribution in [3.8, 4) is 11.5 Å². The SMILES string of the molecule is Cc1cc2c(cc1O)C1=C(C3=C[C@H]4c5cc(O)c(C)cc5C=C[C@@H]4C(C)(C)C3=O)C(=O)C(C)(C)C1=CC2=O. The molecule has 192 valence electrons. The van der Waals surface area contributed by atoms with Crippen molar-refractivity contribution in [1.82, 2.24) is 0 Å². The van der Waals surface area contributed by atoms with Gasteiger partial charge in [-0.2, -0.15) is 0 Å². The molecule has 0 radical (unpaired) electrons. The van der Waals surface area contributed by atoms with Crippen molar-refractivity contribution in [1.29, 1.82) is 0 Å². The van der Waals surface area contributed by atoms with Crippen molar-refractivity contribution in [2.45, 2.75) is 47.5 Å². The molecule has 0 bridgehead atoms. The molecular weight excluding hydrogens is 476 g/mol. The van der Waals surface area contributed by atoms with Gasteiger partial charge in [0, 0.05) is 28.0 Å². The fourth-order valence-electron chi connectivity index (χ4n) is 6.62. The minimum absolute atomic E-state index is 0.0309. The molecule has 0 saturated heterocycles. The van der Waals surface area contributed by atoms with Crippen LogP contribution in [0.15, 0.2) is 59.2 Å². The number of carbonyl (C=O) groups is 3. The predicted molar refractivity (Wildman–Crippen MR) is 146 cm³/mol. The minimum Gasteiger partial charge on any atom is -0.508 e. The van der Waals surface area contributed by atoms with Crippen LogP contribution in [0.4, 0.5) is 0 Å². The second-order valence-electron chi connectivity index (χ2n) is 12.1. The highest BCUT2D eigenvalue weighted by molar-refractivity contribution is 6.30. The van der Waals surface area contributed by atoms with E-state index in [4.69, 9.17) is 0 Å². The molecule has 0 aliphatic heterocycles. The highest BCUT2D eigenvalue weighted by atomic mass is 16.3. The van der Waals surface area contributed by atoms with Crippen molar-refractivity contribution in [3.05, 3.63) is 92.6 Å². The maximum absolute atomic E-state index is 14.2. The number of aromatic hydroxyl groups is 2. The summed E-state index contributed by atoms with van der Waals surface area (Å²) in [7, 11) is 0. The van der Waals surface area contributed by atoms with E-state index in [1.807, 2.05) is 39.0 Å². The Morgan fingerprint density at radius 3 is 2.16 bits per heavy atom. The number of fused-ring (bicyclic) bond motifs is 6. The molecule has 0 spiro atoms. The number of phenols is 2. The molecule has 38 heavy (non-hydrogen) atoms. The molecule has 0 amide bonds. The third kappa shape index (κ3) is 3.02. The molecule has 0 saturated carbocycles. The molecule has 0 heterocycles. The van der Waals surface area contributed by atoms with E-state index in [0.29, 0.717) is 39.0 Å². The quantitative estimate of drug-likeness (QED) is 0.483. The van der Waals surface area contributed by atoms with Crippen molar-refractivity contribution < 1.29 is 24.6 Å². The van der Waals surface area contributed by atoms with Gasteiger partial charge in [-0.15, -0.1) is 0 Å². The maximum atomic E-state index is 14.2. The summed E-state index contributed by atoms with van der Waals surface area (Å²) in [6.45, 7) is 10.9. The van der Waals surface area contributed by atoms with Crippen molar-refractivity contribution >= 4 is 29.0 Å². The maximum Gasteiger partial charge on any atom is 0.186 e. The summed E-state index contributed by atoms with van der Waals surface area (Å²) in [6.07, 6.45) is 7.48. The Balaban J connectivity index is 1.67. The Morgan fingerprint density at radius 2 is 1.45 bits per heavy atom. The van der Waals surface area contributed by atoms with E-state index in [-0.39, 0.29) is 40.7 Å². The summed E-state index contributed by atoms with van der Waals surface area (Å²) in [5.74, 6) is -0.715. The smallest absolute Gasteiger partial charge is 0.186 e. The van der Waals surface area contributed by atoms with E-state index in [1.54, 1.807) is 39.0 Å². The van der Waals surface area contributed by atoms with Crippen LogP contribution in [-0.4, -0.2) is 27.6 Å². The highest BCUT2D eigenvalue weighted by Crippen LogP contribution is 2.57. The molecule has 5 heteroatoms. The minimum atomic E-state index is -1.01. The number of aryl methyl sites for hydroxylation is 2. The second kappa shape index (κ2) is 7.53. The third-order valence-corrected chi connectivity index (χ3v) is 9.04. The van der Waals surface area contributed by atoms with Crippen LogP contribution >= 0.6 is 0 Å². The number of Topliss-reactive ketones (excluding diaryl/α,β-unsaturated/α-hetero) is 2. The van der Waals surface area contributed by atoms with Gasteiger partial charge in [-0.25, -0.2) is 0 Å². The summed E-state index contributed by atoms with van der Waals surface area (Å²) in [4.78, 5) is 41.4. The molecule has 2 N–H and O–H groups in total. The van der Waals surface area contributed by atoms with Gasteiger partial charge in [0.15, 0.2) is 17.3 Å². The number of ketones is 3. The van der Waals surface area contributed by atoms with Gasteiger partial charge in [-0.1, -0.05) is 32.1 Å². The van der Waals surface area contributed by atoms with Crippen LogP contribution in [0.1, 0.15) is 71.8 Å². The fraction of sp³-hybridized carbons (Fsp3) is 0.303. The third-order valence-electron chi connectivity index (χ3n) is 9.04. The molecule has 4 aliphatic carbocycles.